The van der Waals surface area contributed by atoms with Gasteiger partial charge < -0.3 is 26.2 Å². The maximum absolute atomic E-state index is 14.9. The Hall–Kier alpha value is -2.65. The Morgan fingerprint density at radius 2 is 2.00 bits per heavy atom. The summed E-state index contributed by atoms with van der Waals surface area (Å²) < 4.78 is 14.9. The molecule has 0 bridgehead atoms. The summed E-state index contributed by atoms with van der Waals surface area (Å²) in [5.41, 5.74) is 5.91. The summed E-state index contributed by atoms with van der Waals surface area (Å²) in [6.07, 6.45) is 9.77. The van der Waals surface area contributed by atoms with Crippen molar-refractivity contribution >= 4 is 11.4 Å². The van der Waals surface area contributed by atoms with Crippen LogP contribution in [-0.2, 0) is 0 Å². The number of benzene rings is 1. The van der Waals surface area contributed by atoms with E-state index in [1.54, 1.807) is 13.1 Å². The molecule has 5 N–H and O–H groups in total. The molecule has 2 aliphatic heterocycles. The van der Waals surface area contributed by atoms with Crippen LogP contribution in [0.4, 0.5) is 10.1 Å². The van der Waals surface area contributed by atoms with Gasteiger partial charge in [-0.3, -0.25) is 10.2 Å². The second kappa shape index (κ2) is 11.2. The minimum atomic E-state index is -0.242. The van der Waals surface area contributed by atoms with Crippen molar-refractivity contribution in [3.8, 4) is 0 Å². The molecule has 1 aromatic rings. The van der Waals surface area contributed by atoms with Crippen molar-refractivity contribution in [1.82, 2.24) is 31.1 Å². The molecule has 0 aromatic heterocycles. The van der Waals surface area contributed by atoms with Crippen LogP contribution >= 0.6 is 0 Å². The van der Waals surface area contributed by atoms with Crippen LogP contribution in [0.15, 0.2) is 59.3 Å². The molecule has 3 aliphatic rings. The SMILES string of the molecule is CN/C=C1/C=C(C2=C(c3ccc(NC)c(F)c3)N(C)C(N3CCCNCC3)NC2)C=CC1NC. The number of hydrogen-bond acceptors (Lipinski definition) is 7. The van der Waals surface area contributed by atoms with Crippen LogP contribution in [0.5, 0.6) is 0 Å². The van der Waals surface area contributed by atoms with Crippen molar-refractivity contribution in [2.45, 2.75) is 18.8 Å². The molecular formula is C26H38FN7. The van der Waals surface area contributed by atoms with Gasteiger partial charge in [-0.1, -0.05) is 18.2 Å². The lowest BCUT2D eigenvalue weighted by molar-refractivity contribution is 0.0731. The summed E-state index contributed by atoms with van der Waals surface area (Å²) in [7, 11) is 7.74. The first-order valence-corrected chi connectivity index (χ1v) is 12.1. The number of anilines is 1. The Morgan fingerprint density at radius 3 is 2.74 bits per heavy atom. The quantitative estimate of drug-likeness (QED) is 0.438. The van der Waals surface area contributed by atoms with Crippen LogP contribution in [0.2, 0.25) is 0 Å². The van der Waals surface area contributed by atoms with Gasteiger partial charge in [0.1, 0.15) is 12.1 Å². The highest BCUT2D eigenvalue weighted by Crippen LogP contribution is 2.35. The third kappa shape index (κ3) is 5.05. The van der Waals surface area contributed by atoms with Crippen LogP contribution in [0.3, 0.4) is 0 Å². The highest BCUT2D eigenvalue weighted by atomic mass is 19.1. The Bertz CT molecular complexity index is 989. The van der Waals surface area contributed by atoms with Crippen molar-refractivity contribution < 1.29 is 4.39 Å². The largest absolute Gasteiger partial charge is 0.394 e. The van der Waals surface area contributed by atoms with Crippen molar-refractivity contribution in [1.29, 1.82) is 0 Å². The van der Waals surface area contributed by atoms with Crippen molar-refractivity contribution in [2.75, 3.05) is 66.2 Å². The molecule has 2 atom stereocenters. The fourth-order valence-electron chi connectivity index (χ4n) is 5.09. The molecular weight excluding hydrogens is 429 g/mol. The summed E-state index contributed by atoms with van der Waals surface area (Å²) in [5.74, 6) is -0.242. The first kappa shape index (κ1) is 24.5. The second-order valence-corrected chi connectivity index (χ2v) is 8.93. The number of allylic oxidation sites excluding steroid dienone is 1. The zero-order valence-electron chi connectivity index (χ0n) is 20.7. The lowest BCUT2D eigenvalue weighted by Gasteiger charge is -2.44. The number of nitrogens with one attached hydrogen (secondary N) is 5. The molecule has 0 spiro atoms. The number of hydrogen-bond donors (Lipinski definition) is 5. The lowest BCUT2D eigenvalue weighted by Crippen LogP contribution is -2.58. The molecule has 2 unspecified atom stereocenters. The first-order chi connectivity index (χ1) is 16.6. The van der Waals surface area contributed by atoms with Crippen LogP contribution in [0, 0.1) is 5.82 Å². The maximum atomic E-state index is 14.9. The standard InChI is InChI=1S/C26H38FN7/c1-28-16-20-14-18(6-8-23(20)29-2)21-17-32-26(34-12-5-10-31-11-13-34)33(4)25(21)19-7-9-24(30-3)22(27)15-19/h6-9,14-16,23,26,28-32H,5,10-13,17H2,1-4H3/b20-16-. The van der Waals surface area contributed by atoms with E-state index in [1.807, 2.05) is 32.4 Å². The van der Waals surface area contributed by atoms with E-state index in [1.165, 1.54) is 0 Å². The number of nitrogens with zero attached hydrogens (tertiary/aromatic N) is 2. The summed E-state index contributed by atoms with van der Waals surface area (Å²) in [5, 5.41) is 16.7. The first-order valence-electron chi connectivity index (χ1n) is 12.1. The van der Waals surface area contributed by atoms with Crippen LogP contribution in [0.25, 0.3) is 5.70 Å². The van der Waals surface area contributed by atoms with Gasteiger partial charge in [0.15, 0.2) is 0 Å². The fraction of sp³-hybridized carbons (Fsp3) is 0.462. The van der Waals surface area contributed by atoms with E-state index in [0.717, 1.165) is 60.6 Å². The topological polar surface area (TPSA) is 66.6 Å². The van der Waals surface area contributed by atoms with Crippen LogP contribution in [0.1, 0.15) is 12.0 Å². The minimum absolute atomic E-state index is 0.0521. The molecule has 184 valence electrons. The molecule has 1 fully saturated rings. The van der Waals surface area contributed by atoms with Gasteiger partial charge in [-0.2, -0.15) is 0 Å². The monoisotopic (exact) mass is 467 g/mol. The zero-order valence-corrected chi connectivity index (χ0v) is 20.7. The minimum Gasteiger partial charge on any atom is -0.394 e. The molecule has 34 heavy (non-hydrogen) atoms. The molecule has 7 nitrogen and oxygen atoms in total. The van der Waals surface area contributed by atoms with Gasteiger partial charge in [0.25, 0.3) is 0 Å². The maximum Gasteiger partial charge on any atom is 0.146 e. The van der Waals surface area contributed by atoms with E-state index in [9.17, 15) is 4.39 Å². The van der Waals surface area contributed by atoms with Crippen molar-refractivity contribution in [3.63, 3.8) is 0 Å². The lowest BCUT2D eigenvalue weighted by atomic mass is 9.89. The molecule has 0 amide bonds. The van der Waals surface area contributed by atoms with Gasteiger partial charge in [-0.15, -0.1) is 0 Å². The van der Waals surface area contributed by atoms with Crippen molar-refractivity contribution in [2.24, 2.45) is 0 Å². The molecule has 1 aromatic carbocycles. The van der Waals surface area contributed by atoms with Gasteiger partial charge >= 0.3 is 0 Å². The van der Waals surface area contributed by atoms with E-state index in [4.69, 9.17) is 0 Å². The van der Waals surface area contributed by atoms with E-state index in [-0.39, 0.29) is 18.1 Å². The highest BCUT2D eigenvalue weighted by Gasteiger charge is 2.32. The Balaban J connectivity index is 1.79. The average molecular weight is 468 g/mol. The zero-order chi connectivity index (χ0) is 24.1. The van der Waals surface area contributed by atoms with E-state index in [2.05, 4.69) is 61.7 Å². The summed E-state index contributed by atoms with van der Waals surface area (Å²) >= 11 is 0. The van der Waals surface area contributed by atoms with Gasteiger partial charge in [0, 0.05) is 59.1 Å². The van der Waals surface area contributed by atoms with Crippen LogP contribution < -0.4 is 26.6 Å². The van der Waals surface area contributed by atoms with Gasteiger partial charge in [-0.25, -0.2) is 4.39 Å². The second-order valence-electron chi connectivity index (χ2n) is 8.93. The Kier molecular flexibility index (Phi) is 8.05. The molecule has 1 saturated heterocycles. The van der Waals surface area contributed by atoms with E-state index >= 15 is 0 Å². The van der Waals surface area contributed by atoms with Gasteiger partial charge in [0.05, 0.1) is 17.4 Å². The predicted octanol–water partition coefficient (Wildman–Crippen LogP) is 1.88. The summed E-state index contributed by atoms with van der Waals surface area (Å²) in [4.78, 5) is 4.75. The average Bonchev–Trinajstić information content (AvgIpc) is 3.13. The van der Waals surface area contributed by atoms with E-state index in [0.29, 0.717) is 12.2 Å². The number of halogens is 1. The highest BCUT2D eigenvalue weighted by molar-refractivity contribution is 5.75. The normalized spacial score (nSPS) is 25.4. The molecule has 8 heteroatoms. The summed E-state index contributed by atoms with van der Waals surface area (Å²) in [6.45, 7) is 4.71. The van der Waals surface area contributed by atoms with Gasteiger partial charge in [0.2, 0.25) is 0 Å². The third-order valence-corrected chi connectivity index (χ3v) is 6.82. The molecule has 1 aliphatic carbocycles. The van der Waals surface area contributed by atoms with Crippen molar-refractivity contribution in [3.05, 3.63) is 70.7 Å². The predicted molar refractivity (Wildman–Crippen MR) is 139 cm³/mol. The van der Waals surface area contributed by atoms with E-state index < -0.39 is 0 Å². The van der Waals surface area contributed by atoms with Crippen LogP contribution in [-0.4, -0.2) is 83.0 Å². The molecule has 4 rings (SSSR count). The third-order valence-electron chi connectivity index (χ3n) is 6.82. The number of rotatable bonds is 6. The summed E-state index contributed by atoms with van der Waals surface area (Å²) in [6, 6.07) is 5.64. The molecule has 0 saturated carbocycles. The molecule has 0 radical (unpaired) electrons. The Morgan fingerprint density at radius 1 is 1.15 bits per heavy atom. The van der Waals surface area contributed by atoms with Gasteiger partial charge in [-0.05, 0) is 54.9 Å². The Labute approximate surface area is 202 Å². The smallest absolute Gasteiger partial charge is 0.146 e. The fourth-order valence-corrected chi connectivity index (χ4v) is 5.09. The number of likely N-dealkylation sites (N-methyl/N-ethyl adjacent to an activating group) is 1. The molecule has 2 heterocycles.